The molecular formula is C14H28N2O. The monoisotopic (exact) mass is 240 g/mol. The van der Waals surface area contributed by atoms with Gasteiger partial charge in [-0.15, -0.1) is 0 Å². The summed E-state index contributed by atoms with van der Waals surface area (Å²) < 4.78 is 5.43. The quantitative estimate of drug-likeness (QED) is 0.719. The van der Waals surface area contributed by atoms with Gasteiger partial charge in [-0.25, -0.2) is 0 Å². The van der Waals surface area contributed by atoms with E-state index < -0.39 is 0 Å². The zero-order chi connectivity index (χ0) is 12.9. The molecule has 3 heteroatoms. The highest BCUT2D eigenvalue weighted by Crippen LogP contribution is 2.25. The van der Waals surface area contributed by atoms with Gasteiger partial charge in [0, 0.05) is 24.7 Å². The van der Waals surface area contributed by atoms with Crippen molar-refractivity contribution in [3.8, 4) is 0 Å². The Morgan fingerprint density at radius 2 is 2.00 bits per heavy atom. The maximum atomic E-state index is 5.43. The van der Waals surface area contributed by atoms with E-state index in [2.05, 4.69) is 44.6 Å². The summed E-state index contributed by atoms with van der Waals surface area (Å²) >= 11 is 0. The summed E-state index contributed by atoms with van der Waals surface area (Å²) in [4.78, 5) is 2.53. The molecule has 1 aliphatic rings. The number of nitrogens with zero attached hydrogens (tertiary/aromatic N) is 1. The number of likely N-dealkylation sites (N-methyl/N-ethyl adjacent to an activating group) is 1. The first kappa shape index (κ1) is 14.7. The lowest BCUT2D eigenvalue weighted by atomic mass is 9.87. The van der Waals surface area contributed by atoms with Gasteiger partial charge in [-0.3, -0.25) is 4.90 Å². The Morgan fingerprint density at radius 1 is 1.41 bits per heavy atom. The van der Waals surface area contributed by atoms with E-state index >= 15 is 0 Å². The first-order chi connectivity index (χ1) is 8.02. The molecule has 0 bridgehead atoms. The third kappa shape index (κ3) is 3.80. The molecule has 0 aromatic carbocycles. The van der Waals surface area contributed by atoms with Gasteiger partial charge in [0.05, 0.1) is 13.2 Å². The maximum Gasteiger partial charge on any atom is 0.0594 e. The van der Waals surface area contributed by atoms with Crippen molar-refractivity contribution in [2.24, 2.45) is 0 Å². The molecule has 1 saturated heterocycles. The van der Waals surface area contributed by atoms with Crippen LogP contribution < -0.4 is 5.32 Å². The van der Waals surface area contributed by atoms with E-state index in [9.17, 15) is 0 Å². The van der Waals surface area contributed by atoms with E-state index in [0.29, 0.717) is 6.04 Å². The zero-order valence-corrected chi connectivity index (χ0v) is 11.9. The third-order valence-electron chi connectivity index (χ3n) is 4.02. The van der Waals surface area contributed by atoms with Crippen molar-refractivity contribution in [2.45, 2.75) is 45.2 Å². The standard InChI is InChI=1S/C14H28N2O/c1-6-12(2)11-13(15-5)14(3,4)16-7-9-17-10-8-16/h13,15H,2,6-11H2,1,3-5H3. The van der Waals surface area contributed by atoms with Crippen LogP contribution in [0.2, 0.25) is 0 Å². The summed E-state index contributed by atoms with van der Waals surface area (Å²) in [7, 11) is 2.05. The minimum absolute atomic E-state index is 0.149. The van der Waals surface area contributed by atoms with Crippen LogP contribution in [0.1, 0.15) is 33.6 Å². The van der Waals surface area contributed by atoms with Gasteiger partial charge in [-0.2, -0.15) is 0 Å². The van der Waals surface area contributed by atoms with E-state index in [1.54, 1.807) is 0 Å². The van der Waals surface area contributed by atoms with Gasteiger partial charge in [0.2, 0.25) is 0 Å². The van der Waals surface area contributed by atoms with E-state index in [1.165, 1.54) is 5.57 Å². The van der Waals surface area contributed by atoms with E-state index in [-0.39, 0.29) is 5.54 Å². The van der Waals surface area contributed by atoms with Crippen molar-refractivity contribution in [1.29, 1.82) is 0 Å². The van der Waals surface area contributed by atoms with Crippen LogP contribution in [-0.4, -0.2) is 49.8 Å². The average molecular weight is 240 g/mol. The normalized spacial score (nSPS) is 20.2. The number of morpholine rings is 1. The molecule has 0 saturated carbocycles. The molecule has 0 aromatic rings. The van der Waals surface area contributed by atoms with Crippen LogP contribution in [0.3, 0.4) is 0 Å². The fourth-order valence-corrected chi connectivity index (χ4v) is 2.50. The summed E-state index contributed by atoms with van der Waals surface area (Å²) in [6.45, 7) is 14.7. The minimum atomic E-state index is 0.149. The molecule has 1 heterocycles. The average Bonchev–Trinajstić information content (AvgIpc) is 2.36. The SMILES string of the molecule is C=C(CC)CC(NC)C(C)(C)N1CCOCC1. The van der Waals surface area contributed by atoms with Crippen LogP contribution in [0.25, 0.3) is 0 Å². The molecule has 17 heavy (non-hydrogen) atoms. The first-order valence-corrected chi connectivity index (χ1v) is 6.69. The highest BCUT2D eigenvalue weighted by molar-refractivity contribution is 5.04. The van der Waals surface area contributed by atoms with Crippen molar-refractivity contribution in [2.75, 3.05) is 33.4 Å². The molecule has 1 rings (SSSR count). The Balaban J connectivity index is 2.66. The summed E-state index contributed by atoms with van der Waals surface area (Å²) in [5.41, 5.74) is 1.47. The Kier molecular flexibility index (Phi) is 5.63. The zero-order valence-electron chi connectivity index (χ0n) is 11.9. The fraction of sp³-hybridized carbons (Fsp3) is 0.857. The Morgan fingerprint density at radius 3 is 2.47 bits per heavy atom. The maximum absolute atomic E-state index is 5.43. The molecule has 1 fully saturated rings. The van der Waals surface area contributed by atoms with Crippen molar-refractivity contribution in [3.63, 3.8) is 0 Å². The number of hydrogen-bond donors (Lipinski definition) is 1. The first-order valence-electron chi connectivity index (χ1n) is 6.69. The van der Waals surface area contributed by atoms with Crippen LogP contribution in [0.5, 0.6) is 0 Å². The second kappa shape index (κ2) is 6.53. The van der Waals surface area contributed by atoms with Gasteiger partial charge in [-0.05, 0) is 33.7 Å². The largest absolute Gasteiger partial charge is 0.379 e. The molecule has 1 N–H and O–H groups in total. The molecule has 0 radical (unpaired) electrons. The van der Waals surface area contributed by atoms with Gasteiger partial charge in [0.1, 0.15) is 0 Å². The van der Waals surface area contributed by atoms with Gasteiger partial charge >= 0.3 is 0 Å². The lowest BCUT2D eigenvalue weighted by Crippen LogP contribution is -2.59. The molecule has 1 atom stereocenters. The predicted octanol–water partition coefficient (Wildman–Crippen LogP) is 2.04. The second-order valence-corrected chi connectivity index (χ2v) is 5.40. The number of nitrogens with one attached hydrogen (secondary N) is 1. The topological polar surface area (TPSA) is 24.5 Å². The minimum Gasteiger partial charge on any atom is -0.379 e. The Labute approximate surface area is 106 Å². The van der Waals surface area contributed by atoms with Crippen molar-refractivity contribution in [3.05, 3.63) is 12.2 Å². The predicted molar refractivity (Wildman–Crippen MR) is 73.4 cm³/mol. The number of ether oxygens (including phenoxy) is 1. The van der Waals surface area contributed by atoms with Gasteiger partial charge in [0.25, 0.3) is 0 Å². The Bertz CT molecular complexity index is 245. The van der Waals surface area contributed by atoms with Crippen LogP contribution in [0.15, 0.2) is 12.2 Å². The number of rotatable bonds is 6. The van der Waals surface area contributed by atoms with Gasteiger partial charge < -0.3 is 10.1 Å². The van der Waals surface area contributed by atoms with Gasteiger partial charge in [0.15, 0.2) is 0 Å². The van der Waals surface area contributed by atoms with Crippen LogP contribution >= 0.6 is 0 Å². The third-order valence-corrected chi connectivity index (χ3v) is 4.02. The van der Waals surface area contributed by atoms with Crippen LogP contribution in [0.4, 0.5) is 0 Å². The van der Waals surface area contributed by atoms with Crippen molar-refractivity contribution in [1.82, 2.24) is 10.2 Å². The lowest BCUT2D eigenvalue weighted by molar-refractivity contribution is -0.0224. The highest BCUT2D eigenvalue weighted by atomic mass is 16.5. The fourth-order valence-electron chi connectivity index (χ4n) is 2.50. The molecular weight excluding hydrogens is 212 g/mol. The molecule has 0 spiro atoms. The summed E-state index contributed by atoms with van der Waals surface area (Å²) in [5, 5.41) is 3.46. The second-order valence-electron chi connectivity index (χ2n) is 5.40. The van der Waals surface area contributed by atoms with Crippen molar-refractivity contribution >= 4 is 0 Å². The van der Waals surface area contributed by atoms with E-state index in [0.717, 1.165) is 39.1 Å². The van der Waals surface area contributed by atoms with E-state index in [4.69, 9.17) is 4.74 Å². The number of hydrogen-bond acceptors (Lipinski definition) is 3. The van der Waals surface area contributed by atoms with Crippen molar-refractivity contribution < 1.29 is 4.74 Å². The highest BCUT2D eigenvalue weighted by Gasteiger charge is 2.35. The summed E-state index contributed by atoms with van der Waals surface area (Å²) in [6.07, 6.45) is 2.12. The smallest absolute Gasteiger partial charge is 0.0594 e. The van der Waals surface area contributed by atoms with E-state index in [1.807, 2.05) is 0 Å². The summed E-state index contributed by atoms with van der Waals surface area (Å²) in [6, 6.07) is 0.452. The van der Waals surface area contributed by atoms with Crippen LogP contribution in [-0.2, 0) is 4.74 Å². The molecule has 1 aliphatic heterocycles. The molecule has 0 aromatic heterocycles. The molecule has 3 nitrogen and oxygen atoms in total. The Hall–Kier alpha value is -0.380. The molecule has 1 unspecified atom stereocenters. The lowest BCUT2D eigenvalue weighted by Gasteiger charge is -2.46. The molecule has 0 aliphatic carbocycles. The molecule has 0 amide bonds. The molecule has 100 valence electrons. The van der Waals surface area contributed by atoms with Crippen LogP contribution in [0, 0.1) is 0 Å². The summed E-state index contributed by atoms with van der Waals surface area (Å²) in [5.74, 6) is 0. The van der Waals surface area contributed by atoms with Gasteiger partial charge in [-0.1, -0.05) is 19.1 Å².